The van der Waals surface area contributed by atoms with E-state index < -0.39 is 0 Å². The van der Waals surface area contributed by atoms with Gasteiger partial charge in [-0.1, -0.05) is 0 Å². The molecule has 1 atom stereocenters. The number of Topliss-reactive ketones (excluding diaryl/α,β-unsaturated/α-hetero) is 1. The van der Waals surface area contributed by atoms with Crippen LogP contribution in [0, 0.1) is 0 Å². The van der Waals surface area contributed by atoms with Crippen LogP contribution in [0.15, 0.2) is 0 Å². The Hall–Kier alpha value is 0.0200. The topological polar surface area (TPSA) is 17.1 Å². The maximum atomic E-state index is 10.9. The molecule has 1 fully saturated rings. The fraction of sp³-hybridized carbons (Fsp3) is 0.857. The predicted molar refractivity (Wildman–Crippen MR) is 40.8 cm³/mol. The lowest BCUT2D eigenvalue weighted by Crippen LogP contribution is -2.25. The zero-order chi connectivity index (χ0) is 6.91. The summed E-state index contributed by atoms with van der Waals surface area (Å²) in [6.45, 7) is 3.74. The van der Waals surface area contributed by atoms with Gasteiger partial charge in [-0.05, 0) is 32.4 Å². The number of ketones is 1. The van der Waals surface area contributed by atoms with Crippen molar-refractivity contribution in [2.45, 2.75) is 31.4 Å². The molecule has 0 aliphatic carbocycles. The lowest BCUT2D eigenvalue weighted by atomic mass is 10.0. The van der Waals surface area contributed by atoms with Gasteiger partial charge in [-0.15, -0.1) is 11.8 Å². The summed E-state index contributed by atoms with van der Waals surface area (Å²) in [4.78, 5) is 10.9. The molecule has 0 saturated carbocycles. The molecule has 1 heterocycles. The van der Waals surface area contributed by atoms with E-state index in [1.54, 1.807) is 18.7 Å². The van der Waals surface area contributed by atoms with Crippen LogP contribution in [0.1, 0.15) is 26.7 Å². The number of hydrogen-bond donors (Lipinski definition) is 0. The van der Waals surface area contributed by atoms with Crippen molar-refractivity contribution in [3.05, 3.63) is 0 Å². The smallest absolute Gasteiger partial charge is 0.145 e. The minimum atomic E-state index is -0.0278. The van der Waals surface area contributed by atoms with E-state index in [0.29, 0.717) is 5.78 Å². The number of carbonyl (C=O) groups is 1. The van der Waals surface area contributed by atoms with Crippen LogP contribution in [0.3, 0.4) is 0 Å². The molecule has 0 amide bonds. The summed E-state index contributed by atoms with van der Waals surface area (Å²) in [6, 6.07) is 0. The van der Waals surface area contributed by atoms with Crippen molar-refractivity contribution in [1.82, 2.24) is 0 Å². The van der Waals surface area contributed by atoms with Crippen molar-refractivity contribution in [2.75, 3.05) is 5.75 Å². The number of hydrogen-bond acceptors (Lipinski definition) is 2. The van der Waals surface area contributed by atoms with E-state index in [1.807, 2.05) is 6.92 Å². The number of thioether (sulfide) groups is 1. The molecule has 1 aliphatic heterocycles. The maximum Gasteiger partial charge on any atom is 0.145 e. The van der Waals surface area contributed by atoms with E-state index in [1.165, 1.54) is 6.42 Å². The second-order valence-electron chi connectivity index (χ2n) is 2.74. The highest BCUT2D eigenvalue weighted by Gasteiger charge is 2.33. The van der Waals surface area contributed by atoms with Gasteiger partial charge < -0.3 is 0 Å². The highest BCUT2D eigenvalue weighted by molar-refractivity contribution is 8.01. The van der Waals surface area contributed by atoms with Crippen LogP contribution >= 0.6 is 11.8 Å². The Morgan fingerprint density at radius 2 is 2.33 bits per heavy atom. The van der Waals surface area contributed by atoms with E-state index in [9.17, 15) is 4.79 Å². The standard InChI is InChI=1S/C7H12OS/c1-6(8)7(2)4-3-5-9-7/h3-5H2,1-2H3. The van der Waals surface area contributed by atoms with Gasteiger partial charge >= 0.3 is 0 Å². The fourth-order valence-corrected chi connectivity index (χ4v) is 2.29. The zero-order valence-electron chi connectivity index (χ0n) is 5.94. The quantitative estimate of drug-likeness (QED) is 0.558. The van der Waals surface area contributed by atoms with Crippen molar-refractivity contribution in [3.63, 3.8) is 0 Å². The normalized spacial score (nSPS) is 34.9. The van der Waals surface area contributed by atoms with Gasteiger partial charge in [-0.2, -0.15) is 0 Å². The Morgan fingerprint density at radius 3 is 2.56 bits per heavy atom. The van der Waals surface area contributed by atoms with Crippen LogP contribution in [-0.4, -0.2) is 16.3 Å². The first-order valence-corrected chi connectivity index (χ1v) is 4.29. The second-order valence-corrected chi connectivity index (χ2v) is 4.34. The molecule has 0 aromatic heterocycles. The van der Waals surface area contributed by atoms with E-state index in [2.05, 4.69) is 0 Å². The van der Waals surface area contributed by atoms with Crippen LogP contribution in [0.5, 0.6) is 0 Å². The Balaban J connectivity index is 2.61. The average molecular weight is 144 g/mol. The van der Waals surface area contributed by atoms with Crippen LogP contribution in [-0.2, 0) is 4.79 Å². The third-order valence-electron chi connectivity index (χ3n) is 1.96. The summed E-state index contributed by atoms with van der Waals surface area (Å²) in [5.74, 6) is 1.50. The van der Waals surface area contributed by atoms with Crippen LogP contribution in [0.25, 0.3) is 0 Å². The molecule has 1 nitrogen and oxygen atoms in total. The largest absolute Gasteiger partial charge is 0.298 e. The summed E-state index contributed by atoms with van der Waals surface area (Å²) in [5, 5.41) is 0. The molecule has 52 valence electrons. The lowest BCUT2D eigenvalue weighted by molar-refractivity contribution is -0.118. The van der Waals surface area contributed by atoms with Gasteiger partial charge in [0.25, 0.3) is 0 Å². The first-order chi connectivity index (χ1) is 4.15. The molecular weight excluding hydrogens is 132 g/mol. The van der Waals surface area contributed by atoms with Gasteiger partial charge in [0.1, 0.15) is 5.78 Å². The number of carbonyl (C=O) groups excluding carboxylic acids is 1. The number of rotatable bonds is 1. The van der Waals surface area contributed by atoms with Crippen molar-refractivity contribution < 1.29 is 4.79 Å². The monoisotopic (exact) mass is 144 g/mol. The molecule has 0 radical (unpaired) electrons. The molecule has 1 unspecified atom stereocenters. The van der Waals surface area contributed by atoms with Gasteiger partial charge in [0.2, 0.25) is 0 Å². The average Bonchev–Trinajstić information content (AvgIpc) is 2.16. The molecule has 2 heteroatoms. The van der Waals surface area contributed by atoms with Crippen LogP contribution < -0.4 is 0 Å². The van der Waals surface area contributed by atoms with E-state index in [-0.39, 0.29) is 4.75 Å². The van der Waals surface area contributed by atoms with Gasteiger partial charge in [-0.3, -0.25) is 4.79 Å². The lowest BCUT2D eigenvalue weighted by Gasteiger charge is -2.17. The van der Waals surface area contributed by atoms with Crippen molar-refractivity contribution in [3.8, 4) is 0 Å². The first-order valence-electron chi connectivity index (χ1n) is 3.30. The van der Waals surface area contributed by atoms with Crippen molar-refractivity contribution in [1.29, 1.82) is 0 Å². The predicted octanol–water partition coefficient (Wildman–Crippen LogP) is 1.86. The molecule has 0 N–H and O–H groups in total. The molecule has 0 aromatic rings. The summed E-state index contributed by atoms with van der Waals surface area (Å²) >= 11 is 1.80. The zero-order valence-corrected chi connectivity index (χ0v) is 6.75. The summed E-state index contributed by atoms with van der Waals surface area (Å²) in [7, 11) is 0. The molecule has 0 spiro atoms. The van der Waals surface area contributed by atoms with Crippen LogP contribution in [0.2, 0.25) is 0 Å². The van der Waals surface area contributed by atoms with Gasteiger partial charge in [0.15, 0.2) is 0 Å². The van der Waals surface area contributed by atoms with E-state index in [4.69, 9.17) is 0 Å². The minimum Gasteiger partial charge on any atom is -0.298 e. The third-order valence-corrected chi connectivity index (χ3v) is 3.59. The second kappa shape index (κ2) is 2.33. The SMILES string of the molecule is CC(=O)C1(C)CCCS1. The molecule has 1 rings (SSSR count). The Labute approximate surface area is 60.2 Å². The Morgan fingerprint density at radius 1 is 1.67 bits per heavy atom. The molecule has 0 aromatic carbocycles. The van der Waals surface area contributed by atoms with Crippen molar-refractivity contribution in [2.24, 2.45) is 0 Å². The fourth-order valence-electron chi connectivity index (χ4n) is 1.06. The Kier molecular flexibility index (Phi) is 1.85. The first kappa shape index (κ1) is 7.13. The van der Waals surface area contributed by atoms with Crippen molar-refractivity contribution >= 4 is 17.5 Å². The minimum absolute atomic E-state index is 0.0278. The van der Waals surface area contributed by atoms with E-state index >= 15 is 0 Å². The molecule has 1 saturated heterocycles. The van der Waals surface area contributed by atoms with Gasteiger partial charge in [-0.25, -0.2) is 0 Å². The Bertz CT molecular complexity index is 125. The van der Waals surface area contributed by atoms with E-state index in [0.717, 1.165) is 12.2 Å². The molecule has 9 heavy (non-hydrogen) atoms. The summed E-state index contributed by atoms with van der Waals surface area (Å²) < 4.78 is -0.0278. The van der Waals surface area contributed by atoms with Gasteiger partial charge in [0, 0.05) is 0 Å². The molecular formula is C7H12OS. The van der Waals surface area contributed by atoms with Crippen LogP contribution in [0.4, 0.5) is 0 Å². The molecule has 0 bridgehead atoms. The highest BCUT2D eigenvalue weighted by Crippen LogP contribution is 2.38. The van der Waals surface area contributed by atoms with Gasteiger partial charge in [0.05, 0.1) is 4.75 Å². The summed E-state index contributed by atoms with van der Waals surface area (Å²) in [5.41, 5.74) is 0. The molecule has 1 aliphatic rings. The summed E-state index contributed by atoms with van der Waals surface area (Å²) in [6.07, 6.45) is 2.29. The third kappa shape index (κ3) is 1.29. The maximum absolute atomic E-state index is 10.9. The highest BCUT2D eigenvalue weighted by atomic mass is 32.2.